The molecule has 20 heavy (non-hydrogen) atoms. The Kier molecular flexibility index (Phi) is 2.90. The Morgan fingerprint density at radius 3 is 2.05 bits per heavy atom. The van der Waals surface area contributed by atoms with Gasteiger partial charge in [-0.25, -0.2) is 0 Å². The SMILES string of the molecule is Cc1nn(C)cc1-c1noc(-c2cn(C)nc2C)c1Cl. The van der Waals surface area contributed by atoms with Gasteiger partial charge in [-0.15, -0.1) is 0 Å². The molecule has 3 aromatic heterocycles. The van der Waals surface area contributed by atoms with Gasteiger partial charge >= 0.3 is 0 Å². The molecule has 0 aromatic carbocycles. The smallest absolute Gasteiger partial charge is 0.189 e. The van der Waals surface area contributed by atoms with Crippen LogP contribution in [0.3, 0.4) is 0 Å². The summed E-state index contributed by atoms with van der Waals surface area (Å²) in [5.74, 6) is 0.538. The fraction of sp³-hybridized carbons (Fsp3) is 0.308. The first-order valence-corrected chi connectivity index (χ1v) is 6.51. The van der Waals surface area contributed by atoms with E-state index in [1.807, 2.05) is 40.3 Å². The lowest BCUT2D eigenvalue weighted by atomic mass is 10.1. The normalized spacial score (nSPS) is 11.2. The molecule has 0 saturated carbocycles. The summed E-state index contributed by atoms with van der Waals surface area (Å²) >= 11 is 6.43. The molecule has 7 heteroatoms. The predicted octanol–water partition coefficient (Wildman–Crippen LogP) is 2.75. The van der Waals surface area contributed by atoms with Crippen LogP contribution in [0.25, 0.3) is 22.6 Å². The molecule has 0 aliphatic heterocycles. The van der Waals surface area contributed by atoms with Gasteiger partial charge in [-0.05, 0) is 13.8 Å². The van der Waals surface area contributed by atoms with E-state index < -0.39 is 0 Å². The van der Waals surface area contributed by atoms with Crippen molar-refractivity contribution < 1.29 is 4.52 Å². The molecule has 0 unspecified atom stereocenters. The highest BCUT2D eigenvalue weighted by molar-refractivity contribution is 6.35. The summed E-state index contributed by atoms with van der Waals surface area (Å²) in [6.45, 7) is 3.82. The van der Waals surface area contributed by atoms with E-state index in [9.17, 15) is 0 Å². The molecule has 0 saturated heterocycles. The Bertz CT molecular complexity index is 719. The van der Waals surface area contributed by atoms with Crippen LogP contribution in [0.1, 0.15) is 11.4 Å². The number of rotatable bonds is 2. The van der Waals surface area contributed by atoms with Crippen LogP contribution in [0.15, 0.2) is 16.9 Å². The van der Waals surface area contributed by atoms with E-state index in [1.54, 1.807) is 9.36 Å². The van der Waals surface area contributed by atoms with Crippen LogP contribution in [-0.2, 0) is 14.1 Å². The molecule has 0 fully saturated rings. The molecule has 0 amide bonds. The monoisotopic (exact) mass is 291 g/mol. The van der Waals surface area contributed by atoms with Crippen molar-refractivity contribution in [2.75, 3.05) is 0 Å². The number of hydrogen-bond donors (Lipinski definition) is 0. The van der Waals surface area contributed by atoms with E-state index in [0.29, 0.717) is 16.5 Å². The largest absolute Gasteiger partial charge is 0.354 e. The highest BCUT2D eigenvalue weighted by atomic mass is 35.5. The van der Waals surface area contributed by atoms with Gasteiger partial charge in [0.1, 0.15) is 10.7 Å². The van der Waals surface area contributed by atoms with Gasteiger partial charge < -0.3 is 4.52 Å². The summed E-state index contributed by atoms with van der Waals surface area (Å²) < 4.78 is 8.87. The van der Waals surface area contributed by atoms with E-state index in [1.165, 1.54) is 0 Å². The Labute approximate surface area is 120 Å². The number of aromatic nitrogens is 5. The lowest BCUT2D eigenvalue weighted by Gasteiger charge is -1.94. The fourth-order valence-corrected chi connectivity index (χ4v) is 2.54. The maximum Gasteiger partial charge on any atom is 0.189 e. The average Bonchev–Trinajstić information content (AvgIpc) is 2.98. The first-order chi connectivity index (χ1) is 9.47. The van der Waals surface area contributed by atoms with Crippen molar-refractivity contribution in [3.63, 3.8) is 0 Å². The highest BCUT2D eigenvalue weighted by Crippen LogP contribution is 2.37. The van der Waals surface area contributed by atoms with Gasteiger partial charge in [-0.2, -0.15) is 10.2 Å². The van der Waals surface area contributed by atoms with Crippen LogP contribution in [0.4, 0.5) is 0 Å². The molecule has 0 bridgehead atoms. The first kappa shape index (κ1) is 12.9. The topological polar surface area (TPSA) is 61.7 Å². The Morgan fingerprint density at radius 2 is 1.55 bits per heavy atom. The summed E-state index contributed by atoms with van der Waals surface area (Å²) in [6, 6.07) is 0. The molecule has 0 atom stereocenters. The van der Waals surface area contributed by atoms with E-state index in [2.05, 4.69) is 15.4 Å². The summed E-state index contributed by atoms with van der Waals surface area (Å²) in [5, 5.41) is 13.2. The second-order valence-corrected chi connectivity index (χ2v) is 5.16. The molecular formula is C13H14ClN5O. The second-order valence-electron chi connectivity index (χ2n) is 4.78. The summed E-state index contributed by atoms with van der Waals surface area (Å²) in [4.78, 5) is 0. The van der Waals surface area contributed by atoms with E-state index in [-0.39, 0.29) is 0 Å². The molecule has 0 aliphatic carbocycles. The minimum atomic E-state index is 0.484. The highest BCUT2D eigenvalue weighted by Gasteiger charge is 2.22. The molecule has 0 radical (unpaired) electrons. The van der Waals surface area contributed by atoms with Gasteiger partial charge in [0.15, 0.2) is 5.76 Å². The van der Waals surface area contributed by atoms with E-state index in [4.69, 9.17) is 16.1 Å². The fourth-order valence-electron chi connectivity index (χ4n) is 2.27. The summed E-state index contributed by atoms with van der Waals surface area (Å²) in [7, 11) is 3.71. The van der Waals surface area contributed by atoms with Crippen LogP contribution in [-0.4, -0.2) is 24.7 Å². The average molecular weight is 292 g/mol. The zero-order valence-electron chi connectivity index (χ0n) is 11.7. The van der Waals surface area contributed by atoms with Gasteiger partial charge in [0.25, 0.3) is 0 Å². The number of halogens is 1. The second kappa shape index (κ2) is 4.49. The van der Waals surface area contributed by atoms with E-state index >= 15 is 0 Å². The molecule has 6 nitrogen and oxygen atoms in total. The molecule has 0 aliphatic rings. The summed E-state index contributed by atoms with van der Waals surface area (Å²) in [5.41, 5.74) is 4.03. The maximum atomic E-state index is 6.43. The third-order valence-corrected chi connectivity index (χ3v) is 3.51. The first-order valence-electron chi connectivity index (χ1n) is 6.13. The Hall–Kier alpha value is -2.08. The molecule has 0 spiro atoms. The molecule has 0 N–H and O–H groups in total. The van der Waals surface area contributed by atoms with Crippen molar-refractivity contribution in [1.29, 1.82) is 0 Å². The quantitative estimate of drug-likeness (QED) is 0.728. The van der Waals surface area contributed by atoms with Crippen molar-refractivity contribution in [2.24, 2.45) is 14.1 Å². The molecule has 3 heterocycles. The van der Waals surface area contributed by atoms with Crippen LogP contribution < -0.4 is 0 Å². The van der Waals surface area contributed by atoms with Gasteiger partial charge in [0, 0.05) is 32.1 Å². The van der Waals surface area contributed by atoms with Crippen molar-refractivity contribution in [3.8, 4) is 22.6 Å². The van der Waals surface area contributed by atoms with Crippen molar-refractivity contribution in [1.82, 2.24) is 24.7 Å². The predicted molar refractivity (Wildman–Crippen MR) is 75.4 cm³/mol. The zero-order valence-corrected chi connectivity index (χ0v) is 12.4. The maximum absolute atomic E-state index is 6.43. The lowest BCUT2D eigenvalue weighted by molar-refractivity contribution is 0.434. The van der Waals surface area contributed by atoms with Crippen LogP contribution >= 0.6 is 11.6 Å². The summed E-state index contributed by atoms with van der Waals surface area (Å²) in [6.07, 6.45) is 3.74. The van der Waals surface area contributed by atoms with Crippen molar-refractivity contribution >= 4 is 11.6 Å². The molecule has 104 valence electrons. The van der Waals surface area contributed by atoms with Crippen molar-refractivity contribution in [3.05, 3.63) is 28.8 Å². The van der Waals surface area contributed by atoms with E-state index in [0.717, 1.165) is 22.5 Å². The van der Waals surface area contributed by atoms with Crippen LogP contribution in [0.5, 0.6) is 0 Å². The van der Waals surface area contributed by atoms with Crippen LogP contribution in [0.2, 0.25) is 5.02 Å². The lowest BCUT2D eigenvalue weighted by Crippen LogP contribution is -1.86. The molecular weight excluding hydrogens is 278 g/mol. The van der Waals surface area contributed by atoms with Crippen LogP contribution in [0, 0.1) is 13.8 Å². The minimum absolute atomic E-state index is 0.484. The Balaban J connectivity index is 2.14. The van der Waals surface area contributed by atoms with Gasteiger partial charge in [-0.1, -0.05) is 16.8 Å². The van der Waals surface area contributed by atoms with Crippen molar-refractivity contribution in [2.45, 2.75) is 13.8 Å². The Morgan fingerprint density at radius 1 is 1.00 bits per heavy atom. The number of aryl methyl sites for hydroxylation is 4. The molecule has 3 aromatic rings. The minimum Gasteiger partial charge on any atom is -0.354 e. The number of hydrogen-bond acceptors (Lipinski definition) is 4. The van der Waals surface area contributed by atoms with Gasteiger partial charge in [0.05, 0.1) is 17.0 Å². The zero-order chi connectivity index (χ0) is 14.4. The third-order valence-electron chi connectivity index (χ3n) is 3.16. The van der Waals surface area contributed by atoms with Gasteiger partial charge in [-0.3, -0.25) is 9.36 Å². The third kappa shape index (κ3) is 1.92. The standard InChI is InChI=1S/C13H14ClN5O/c1-7-9(5-18(3)15-7)12-11(14)13(20-17-12)10-6-19(4)16-8(10)2/h5-6H,1-4H3. The number of nitrogens with zero attached hydrogens (tertiary/aromatic N) is 5. The molecule has 3 rings (SSSR count). The van der Waals surface area contributed by atoms with Gasteiger partial charge in [0.2, 0.25) is 0 Å².